The maximum absolute atomic E-state index is 12.8. The second-order valence-corrected chi connectivity index (χ2v) is 8.49. The number of aromatic hydroxyl groups is 1. The molecule has 0 aliphatic heterocycles. The summed E-state index contributed by atoms with van der Waals surface area (Å²) in [4.78, 5) is 16.9. The number of nitrogens with zero attached hydrogens (tertiary/aromatic N) is 2. The molecule has 0 aliphatic rings. The van der Waals surface area contributed by atoms with Crippen molar-refractivity contribution >= 4 is 17.1 Å². The number of phenolic OH excluding ortho intramolecular Hbond substituents is 1. The monoisotopic (exact) mass is 481 g/mol. The predicted octanol–water partition coefficient (Wildman–Crippen LogP) is 7.03. The van der Waals surface area contributed by atoms with E-state index in [-0.39, 0.29) is 18.1 Å². The molecule has 182 valence electrons. The number of anilines is 1. The largest absolute Gasteiger partial charge is 0.507 e. The molecular weight excluding hydrogens is 455 g/mol. The number of rotatable bonds is 8. The quantitative estimate of drug-likeness (QED) is 0.265. The summed E-state index contributed by atoms with van der Waals surface area (Å²) in [5.74, 6) is 0.150. The Kier molecular flexibility index (Phi) is 6.82. The van der Waals surface area contributed by atoms with Gasteiger partial charge in [0.2, 0.25) is 0 Å². The van der Waals surface area contributed by atoms with Crippen LogP contribution in [0.2, 0.25) is 0 Å². The number of para-hydroxylation sites is 1. The summed E-state index contributed by atoms with van der Waals surface area (Å²) >= 11 is 0. The first-order valence-electron chi connectivity index (χ1n) is 11.4. The number of hydrogen-bond donors (Lipinski definition) is 2. The third kappa shape index (κ3) is 5.31. The Hall–Kier alpha value is -3.81. The van der Waals surface area contributed by atoms with Gasteiger partial charge < -0.3 is 10.4 Å². The summed E-state index contributed by atoms with van der Waals surface area (Å²) in [5, 5.41) is 13.2. The number of carbonyl (C=O) groups is 1. The van der Waals surface area contributed by atoms with E-state index >= 15 is 0 Å². The first-order chi connectivity index (χ1) is 16.7. The maximum Gasteiger partial charge on any atom is 0.390 e. The van der Waals surface area contributed by atoms with Crippen molar-refractivity contribution in [2.75, 3.05) is 11.9 Å². The van der Waals surface area contributed by atoms with Gasteiger partial charge in [-0.05, 0) is 37.1 Å². The van der Waals surface area contributed by atoms with E-state index in [4.69, 9.17) is 0 Å². The van der Waals surface area contributed by atoms with Gasteiger partial charge in [-0.2, -0.15) is 13.2 Å². The van der Waals surface area contributed by atoms with Crippen LogP contribution in [0, 0.1) is 6.92 Å². The van der Waals surface area contributed by atoms with Crippen molar-refractivity contribution < 1.29 is 23.1 Å². The standard InChI is InChI=1S/C27H26F3N3O2/c1-3-6-24(34)20-10-9-18(13-17(20)2)23-15-32-26-22(31-12-11-27(28,29)30)14-19(16-33(23)26)21-7-4-5-8-25(21)35/h4-5,7-10,13-16,31,35H,3,6,11-12H2,1-2H3. The lowest BCUT2D eigenvalue weighted by atomic mass is 9.98. The van der Waals surface area contributed by atoms with Crippen LogP contribution >= 0.6 is 0 Å². The number of carbonyl (C=O) groups excluding carboxylic acids is 1. The lowest BCUT2D eigenvalue weighted by Gasteiger charge is -2.14. The first-order valence-corrected chi connectivity index (χ1v) is 11.4. The van der Waals surface area contributed by atoms with Crippen molar-refractivity contribution in [2.45, 2.75) is 39.3 Å². The highest BCUT2D eigenvalue weighted by Crippen LogP contribution is 2.34. The smallest absolute Gasteiger partial charge is 0.390 e. The van der Waals surface area contributed by atoms with Crippen LogP contribution < -0.4 is 5.32 Å². The van der Waals surface area contributed by atoms with E-state index in [9.17, 15) is 23.1 Å². The highest BCUT2D eigenvalue weighted by Gasteiger charge is 2.26. The van der Waals surface area contributed by atoms with E-state index in [0.717, 1.165) is 17.5 Å². The second-order valence-electron chi connectivity index (χ2n) is 8.49. The van der Waals surface area contributed by atoms with E-state index in [1.54, 1.807) is 53.2 Å². The third-order valence-corrected chi connectivity index (χ3v) is 5.84. The van der Waals surface area contributed by atoms with E-state index in [0.29, 0.717) is 40.1 Å². The normalized spacial score (nSPS) is 11.7. The number of phenols is 1. The average Bonchev–Trinajstić information content (AvgIpc) is 3.23. The molecule has 0 saturated heterocycles. The number of Topliss-reactive ketones (excluding diaryl/α,β-unsaturated/α-hetero) is 1. The molecular formula is C27H26F3N3O2. The highest BCUT2D eigenvalue weighted by atomic mass is 19.4. The molecule has 0 bridgehead atoms. The van der Waals surface area contributed by atoms with Crippen molar-refractivity contribution in [3.05, 3.63) is 72.1 Å². The first kappa shape index (κ1) is 24.3. The summed E-state index contributed by atoms with van der Waals surface area (Å²) in [5.41, 5.74) is 5.11. The molecule has 5 nitrogen and oxygen atoms in total. The fourth-order valence-corrected chi connectivity index (χ4v) is 4.13. The van der Waals surface area contributed by atoms with Gasteiger partial charge in [0.25, 0.3) is 0 Å². The Morgan fingerprint density at radius 2 is 1.89 bits per heavy atom. The van der Waals surface area contributed by atoms with Gasteiger partial charge in [0.15, 0.2) is 11.4 Å². The molecule has 0 unspecified atom stereocenters. The van der Waals surface area contributed by atoms with Gasteiger partial charge in [0, 0.05) is 41.4 Å². The molecule has 0 fully saturated rings. The van der Waals surface area contributed by atoms with Gasteiger partial charge in [0.1, 0.15) is 5.75 Å². The number of nitrogens with one attached hydrogen (secondary N) is 1. The summed E-state index contributed by atoms with van der Waals surface area (Å²) < 4.78 is 40.0. The summed E-state index contributed by atoms with van der Waals surface area (Å²) in [6.07, 6.45) is -0.568. The summed E-state index contributed by atoms with van der Waals surface area (Å²) in [7, 11) is 0. The molecule has 0 atom stereocenters. The number of fused-ring (bicyclic) bond motifs is 1. The van der Waals surface area contributed by atoms with Crippen LogP contribution in [-0.2, 0) is 0 Å². The minimum absolute atomic E-state index is 0.0596. The van der Waals surface area contributed by atoms with Crippen LogP contribution in [0.5, 0.6) is 5.75 Å². The van der Waals surface area contributed by atoms with Crippen molar-refractivity contribution in [3.8, 4) is 28.1 Å². The van der Waals surface area contributed by atoms with Crippen molar-refractivity contribution in [2.24, 2.45) is 0 Å². The van der Waals surface area contributed by atoms with Crippen LogP contribution in [-0.4, -0.2) is 33.0 Å². The van der Waals surface area contributed by atoms with Crippen molar-refractivity contribution in [1.82, 2.24) is 9.38 Å². The highest BCUT2D eigenvalue weighted by molar-refractivity contribution is 5.98. The molecule has 0 aliphatic carbocycles. The van der Waals surface area contributed by atoms with Crippen LogP contribution in [0.4, 0.5) is 18.9 Å². The molecule has 2 aromatic carbocycles. The molecule has 0 amide bonds. The number of imidazole rings is 1. The Labute approximate surface area is 201 Å². The fraction of sp³-hybridized carbons (Fsp3) is 0.259. The molecule has 35 heavy (non-hydrogen) atoms. The van der Waals surface area contributed by atoms with Crippen LogP contribution in [0.3, 0.4) is 0 Å². The van der Waals surface area contributed by atoms with Crippen LogP contribution in [0.15, 0.2) is 60.9 Å². The number of aromatic nitrogens is 2. The lowest BCUT2D eigenvalue weighted by molar-refractivity contribution is -0.131. The van der Waals surface area contributed by atoms with E-state index < -0.39 is 12.6 Å². The molecule has 4 aromatic rings. The minimum atomic E-state index is -4.28. The summed E-state index contributed by atoms with van der Waals surface area (Å²) in [6, 6.07) is 14.0. The number of ketones is 1. The molecule has 2 aromatic heterocycles. The van der Waals surface area contributed by atoms with Gasteiger partial charge in [-0.15, -0.1) is 0 Å². The average molecular weight is 482 g/mol. The third-order valence-electron chi connectivity index (χ3n) is 5.84. The SMILES string of the molecule is CCCC(=O)c1ccc(-c2cnc3c(NCCC(F)(F)F)cc(-c4ccccc4O)cn23)cc1C. The Morgan fingerprint density at radius 1 is 1.11 bits per heavy atom. The van der Waals surface area contributed by atoms with Crippen molar-refractivity contribution in [1.29, 1.82) is 0 Å². The number of pyridine rings is 1. The van der Waals surface area contributed by atoms with Gasteiger partial charge >= 0.3 is 6.18 Å². The molecule has 2 heterocycles. The molecule has 0 spiro atoms. The number of hydrogen-bond acceptors (Lipinski definition) is 4. The van der Waals surface area contributed by atoms with Gasteiger partial charge in [-0.1, -0.05) is 37.3 Å². The van der Waals surface area contributed by atoms with E-state index in [1.807, 2.05) is 26.0 Å². The second kappa shape index (κ2) is 9.82. The molecule has 2 N–H and O–H groups in total. The zero-order valence-corrected chi connectivity index (χ0v) is 19.5. The number of alkyl halides is 3. The Balaban J connectivity index is 1.82. The van der Waals surface area contributed by atoms with Crippen LogP contribution in [0.1, 0.15) is 42.1 Å². The molecule has 0 saturated carbocycles. The van der Waals surface area contributed by atoms with E-state index in [1.165, 1.54) is 0 Å². The van der Waals surface area contributed by atoms with Gasteiger partial charge in [0.05, 0.1) is 24.0 Å². The number of halogens is 3. The van der Waals surface area contributed by atoms with Crippen molar-refractivity contribution in [3.63, 3.8) is 0 Å². The Bertz CT molecular complexity index is 1380. The predicted molar refractivity (Wildman–Crippen MR) is 131 cm³/mol. The number of benzene rings is 2. The molecule has 0 radical (unpaired) electrons. The minimum Gasteiger partial charge on any atom is -0.507 e. The van der Waals surface area contributed by atoms with Crippen LogP contribution in [0.25, 0.3) is 28.0 Å². The number of aryl methyl sites for hydroxylation is 1. The molecule has 8 heteroatoms. The fourth-order valence-electron chi connectivity index (χ4n) is 4.13. The zero-order valence-electron chi connectivity index (χ0n) is 19.5. The maximum atomic E-state index is 12.8. The topological polar surface area (TPSA) is 66.6 Å². The summed E-state index contributed by atoms with van der Waals surface area (Å²) in [6.45, 7) is 3.54. The lowest BCUT2D eigenvalue weighted by Crippen LogP contribution is -2.15. The van der Waals surface area contributed by atoms with E-state index in [2.05, 4.69) is 10.3 Å². The Morgan fingerprint density at radius 3 is 2.57 bits per heavy atom. The van der Waals surface area contributed by atoms with Gasteiger partial charge in [-0.25, -0.2) is 4.98 Å². The zero-order chi connectivity index (χ0) is 25.2. The van der Waals surface area contributed by atoms with Gasteiger partial charge in [-0.3, -0.25) is 9.20 Å². The molecule has 4 rings (SSSR count).